The molecule has 5 amide bonds. The van der Waals surface area contributed by atoms with Gasteiger partial charge in [0.05, 0.1) is 12.6 Å². The van der Waals surface area contributed by atoms with Gasteiger partial charge in [0.2, 0.25) is 0 Å². The highest BCUT2D eigenvalue weighted by Crippen LogP contribution is 2.31. The predicted octanol–water partition coefficient (Wildman–Crippen LogP) is 4.71. The summed E-state index contributed by atoms with van der Waals surface area (Å²) in [5, 5.41) is 9.34. The third-order valence-corrected chi connectivity index (χ3v) is 8.67. The van der Waals surface area contributed by atoms with E-state index in [0.717, 1.165) is 41.4 Å². The highest BCUT2D eigenvalue weighted by Gasteiger charge is 2.52. The summed E-state index contributed by atoms with van der Waals surface area (Å²) in [7, 11) is 0. The first-order valence-electron chi connectivity index (χ1n) is 13.6. The van der Waals surface area contributed by atoms with Crippen molar-refractivity contribution < 1.29 is 14.4 Å². The second kappa shape index (κ2) is 11.9. The van der Waals surface area contributed by atoms with E-state index in [1.807, 2.05) is 42.5 Å². The van der Waals surface area contributed by atoms with Crippen LogP contribution in [-0.4, -0.2) is 59.0 Å². The zero-order valence-electron chi connectivity index (χ0n) is 21.6. The van der Waals surface area contributed by atoms with Crippen LogP contribution in [0.3, 0.4) is 0 Å². The molecule has 1 aliphatic carbocycles. The van der Waals surface area contributed by atoms with Crippen LogP contribution < -0.4 is 16.0 Å². The Bertz CT molecular complexity index is 1130. The Morgan fingerprint density at radius 3 is 2.39 bits per heavy atom. The zero-order valence-corrected chi connectivity index (χ0v) is 23.2. The molecule has 38 heavy (non-hydrogen) atoms. The Labute approximate surface area is 232 Å². The molecule has 0 aromatic heterocycles. The Balaban J connectivity index is 1.15. The minimum Gasteiger partial charge on any atom is -0.335 e. The zero-order chi connectivity index (χ0) is 26.5. The summed E-state index contributed by atoms with van der Waals surface area (Å²) in [5.74, 6) is -0.127. The molecule has 202 valence electrons. The number of rotatable bonds is 8. The number of benzene rings is 2. The maximum absolute atomic E-state index is 13.3. The number of imide groups is 1. The number of halogens is 1. The number of hydrogen-bond acceptors (Lipinski definition) is 4. The van der Waals surface area contributed by atoms with E-state index in [2.05, 4.69) is 48.9 Å². The van der Waals surface area contributed by atoms with E-state index >= 15 is 0 Å². The standard InChI is InChI=1S/C29H36BrN5O3/c30-23-12-10-21(11-13-23)20-35-26(36)29(33-28(35)38)15-18-34(19-16-29)17-14-25(22-6-2-1-3-7-22)32-27(37)31-24-8-4-5-9-24/h1-3,6-7,10-13,24-25H,4-5,8-9,14-20H2,(H,33,38)(H2,31,32,37). The van der Waals surface area contributed by atoms with Gasteiger partial charge in [-0.3, -0.25) is 9.69 Å². The molecule has 3 fully saturated rings. The molecule has 2 aliphatic heterocycles. The monoisotopic (exact) mass is 581 g/mol. The number of likely N-dealkylation sites (tertiary alicyclic amines) is 1. The van der Waals surface area contributed by atoms with Crippen molar-refractivity contribution in [1.82, 2.24) is 25.8 Å². The van der Waals surface area contributed by atoms with Crippen molar-refractivity contribution in [1.29, 1.82) is 0 Å². The molecule has 1 atom stereocenters. The van der Waals surface area contributed by atoms with Crippen molar-refractivity contribution in [3.8, 4) is 0 Å². The summed E-state index contributed by atoms with van der Waals surface area (Å²) in [6.07, 6.45) is 6.39. The van der Waals surface area contributed by atoms with Crippen LogP contribution in [0.2, 0.25) is 0 Å². The lowest BCUT2D eigenvalue weighted by atomic mass is 9.87. The average Bonchev–Trinajstić information content (AvgIpc) is 3.51. The molecule has 9 heteroatoms. The Morgan fingerprint density at radius 2 is 1.71 bits per heavy atom. The molecule has 2 saturated heterocycles. The number of nitrogens with one attached hydrogen (secondary N) is 3. The van der Waals surface area contributed by atoms with Crippen LogP contribution in [0.1, 0.15) is 62.1 Å². The molecule has 2 aromatic rings. The molecular formula is C29H36BrN5O3. The first kappa shape index (κ1) is 26.7. The Hall–Kier alpha value is -2.91. The molecule has 0 radical (unpaired) electrons. The largest absolute Gasteiger partial charge is 0.335 e. The molecule has 8 nitrogen and oxygen atoms in total. The fourth-order valence-electron chi connectivity index (χ4n) is 5.86. The van der Waals surface area contributed by atoms with Gasteiger partial charge in [-0.25, -0.2) is 9.59 Å². The predicted molar refractivity (Wildman–Crippen MR) is 149 cm³/mol. The number of carbonyl (C=O) groups excluding carboxylic acids is 3. The fourth-order valence-corrected chi connectivity index (χ4v) is 6.13. The van der Waals surface area contributed by atoms with E-state index in [9.17, 15) is 14.4 Å². The van der Waals surface area contributed by atoms with Gasteiger partial charge in [-0.15, -0.1) is 0 Å². The Kier molecular flexibility index (Phi) is 8.33. The molecule has 0 bridgehead atoms. The number of piperidine rings is 1. The van der Waals surface area contributed by atoms with Crippen LogP contribution in [0.15, 0.2) is 59.1 Å². The second-order valence-electron chi connectivity index (χ2n) is 10.7. The third-order valence-electron chi connectivity index (χ3n) is 8.14. The summed E-state index contributed by atoms with van der Waals surface area (Å²) in [6.45, 7) is 2.50. The van der Waals surface area contributed by atoms with Gasteiger partial charge in [0.25, 0.3) is 5.91 Å². The quantitative estimate of drug-likeness (QED) is 0.393. The van der Waals surface area contributed by atoms with Crippen molar-refractivity contribution in [2.75, 3.05) is 19.6 Å². The third kappa shape index (κ3) is 6.21. The summed E-state index contributed by atoms with van der Waals surface area (Å²) >= 11 is 3.42. The van der Waals surface area contributed by atoms with Crippen LogP contribution in [0.5, 0.6) is 0 Å². The molecule has 1 saturated carbocycles. The maximum atomic E-state index is 13.3. The number of nitrogens with zero attached hydrogens (tertiary/aromatic N) is 2. The van der Waals surface area contributed by atoms with E-state index in [4.69, 9.17) is 0 Å². The molecule has 1 unspecified atom stereocenters. The minimum absolute atomic E-state index is 0.0947. The average molecular weight is 583 g/mol. The lowest BCUT2D eigenvalue weighted by molar-refractivity contribution is -0.133. The lowest BCUT2D eigenvalue weighted by Gasteiger charge is -2.37. The van der Waals surface area contributed by atoms with Crippen LogP contribution in [0, 0.1) is 0 Å². The highest BCUT2D eigenvalue weighted by molar-refractivity contribution is 9.10. The van der Waals surface area contributed by atoms with Gasteiger partial charge in [0.1, 0.15) is 5.54 Å². The van der Waals surface area contributed by atoms with Crippen molar-refractivity contribution in [2.45, 2.75) is 69.1 Å². The first-order valence-corrected chi connectivity index (χ1v) is 14.4. The normalized spacial score (nSPS) is 20.5. The fraction of sp³-hybridized carbons (Fsp3) is 0.483. The van der Waals surface area contributed by atoms with E-state index in [0.29, 0.717) is 25.9 Å². The van der Waals surface area contributed by atoms with Crippen molar-refractivity contribution >= 4 is 33.9 Å². The maximum Gasteiger partial charge on any atom is 0.325 e. The summed E-state index contributed by atoms with van der Waals surface area (Å²) in [4.78, 5) is 42.5. The smallest absolute Gasteiger partial charge is 0.325 e. The van der Waals surface area contributed by atoms with E-state index < -0.39 is 5.54 Å². The highest BCUT2D eigenvalue weighted by atomic mass is 79.9. The molecule has 2 aromatic carbocycles. The van der Waals surface area contributed by atoms with Gasteiger partial charge in [0, 0.05) is 30.1 Å². The topological polar surface area (TPSA) is 93.8 Å². The molecule has 3 N–H and O–H groups in total. The first-order chi connectivity index (χ1) is 18.4. The van der Waals surface area contributed by atoms with Crippen LogP contribution in [0.4, 0.5) is 9.59 Å². The number of carbonyl (C=O) groups is 3. The molecule has 5 rings (SSSR count). The SMILES string of the molecule is O=C(NC1CCCC1)NC(CCN1CCC2(CC1)NC(=O)N(Cc1ccc(Br)cc1)C2=O)c1ccccc1. The number of urea groups is 2. The summed E-state index contributed by atoms with van der Waals surface area (Å²) in [6, 6.07) is 17.5. The van der Waals surface area contributed by atoms with Crippen molar-refractivity contribution in [3.05, 3.63) is 70.2 Å². The summed E-state index contributed by atoms with van der Waals surface area (Å²) in [5.41, 5.74) is 1.19. The van der Waals surface area contributed by atoms with E-state index in [1.54, 1.807) is 0 Å². The van der Waals surface area contributed by atoms with Crippen LogP contribution in [0.25, 0.3) is 0 Å². The second-order valence-corrected chi connectivity index (χ2v) is 11.6. The van der Waals surface area contributed by atoms with E-state index in [-0.39, 0.29) is 36.6 Å². The molecule has 2 heterocycles. The minimum atomic E-state index is -0.818. The van der Waals surface area contributed by atoms with Gasteiger partial charge in [-0.2, -0.15) is 0 Å². The van der Waals surface area contributed by atoms with Crippen molar-refractivity contribution in [3.63, 3.8) is 0 Å². The molecule has 3 aliphatic rings. The Morgan fingerprint density at radius 1 is 1.03 bits per heavy atom. The molecule has 1 spiro atoms. The van der Waals surface area contributed by atoms with Gasteiger partial charge >= 0.3 is 12.1 Å². The van der Waals surface area contributed by atoms with Crippen LogP contribution in [-0.2, 0) is 11.3 Å². The van der Waals surface area contributed by atoms with Gasteiger partial charge in [-0.05, 0) is 55.4 Å². The van der Waals surface area contributed by atoms with Gasteiger partial charge in [0.15, 0.2) is 0 Å². The van der Waals surface area contributed by atoms with Crippen LogP contribution >= 0.6 is 15.9 Å². The van der Waals surface area contributed by atoms with Crippen molar-refractivity contribution in [2.24, 2.45) is 0 Å². The van der Waals surface area contributed by atoms with Gasteiger partial charge in [-0.1, -0.05) is 71.2 Å². The lowest BCUT2D eigenvalue weighted by Crippen LogP contribution is -2.55. The van der Waals surface area contributed by atoms with E-state index in [1.165, 1.54) is 17.7 Å². The number of hydrogen-bond donors (Lipinski definition) is 3. The number of amides is 5. The van der Waals surface area contributed by atoms with Gasteiger partial charge < -0.3 is 20.9 Å². The molecular weight excluding hydrogens is 546 g/mol. The summed E-state index contributed by atoms with van der Waals surface area (Å²) < 4.78 is 0.960.